The van der Waals surface area contributed by atoms with Crippen molar-refractivity contribution in [1.82, 2.24) is 4.90 Å². The number of piperazine rings is 1. The number of benzene rings is 3. The fourth-order valence-corrected chi connectivity index (χ4v) is 7.61. The summed E-state index contributed by atoms with van der Waals surface area (Å²) in [6, 6.07) is 24.2. The predicted octanol–water partition coefficient (Wildman–Crippen LogP) is 6.08. The lowest BCUT2D eigenvalue weighted by molar-refractivity contribution is 0.0746. The third-order valence-electron chi connectivity index (χ3n) is 9.25. The van der Waals surface area contributed by atoms with Crippen molar-refractivity contribution in [3.8, 4) is 0 Å². The molecule has 3 aromatic carbocycles. The van der Waals surface area contributed by atoms with Crippen molar-refractivity contribution in [3.63, 3.8) is 0 Å². The van der Waals surface area contributed by atoms with Gasteiger partial charge in [-0.3, -0.25) is 4.79 Å². The van der Waals surface area contributed by atoms with Gasteiger partial charge in [0, 0.05) is 43.1 Å². The van der Waals surface area contributed by atoms with Gasteiger partial charge in [-0.15, -0.1) is 0 Å². The van der Waals surface area contributed by atoms with Crippen LogP contribution in [0.25, 0.3) is 0 Å². The Morgan fingerprint density at radius 2 is 1.61 bits per heavy atom. The van der Waals surface area contributed by atoms with Crippen LogP contribution in [-0.2, 0) is 0 Å². The topological polar surface area (TPSA) is 35.6 Å². The first-order valence-electron chi connectivity index (χ1n) is 13.4. The lowest BCUT2D eigenvalue weighted by Crippen LogP contribution is -2.48. The molecule has 1 saturated heterocycles. The average molecular weight is 482 g/mol. The highest BCUT2D eigenvalue weighted by atomic mass is 19.1. The number of rotatable bonds is 3. The summed E-state index contributed by atoms with van der Waals surface area (Å²) in [5.74, 6) is 2.54. The second-order valence-electron chi connectivity index (χ2n) is 11.0. The number of carbonyl (C=O) groups is 1. The fourth-order valence-electron chi connectivity index (χ4n) is 7.61. The molecular formula is C31H32FN3O. The number of anilines is 2. The number of fused-ring (bicyclic) bond motifs is 7. The highest BCUT2D eigenvalue weighted by Crippen LogP contribution is 2.63. The molecule has 0 aromatic heterocycles. The molecule has 4 aliphatic rings. The van der Waals surface area contributed by atoms with Crippen LogP contribution in [0, 0.1) is 23.6 Å². The number of carbonyl (C=O) groups excluding carboxylic acids is 1. The van der Waals surface area contributed by atoms with Crippen LogP contribution < -0.4 is 10.2 Å². The van der Waals surface area contributed by atoms with Crippen molar-refractivity contribution >= 4 is 17.3 Å². The van der Waals surface area contributed by atoms with Gasteiger partial charge in [-0.05, 0) is 96.5 Å². The second kappa shape index (κ2) is 8.65. The van der Waals surface area contributed by atoms with E-state index in [2.05, 4.69) is 52.7 Å². The third kappa shape index (κ3) is 3.59. The first-order chi connectivity index (χ1) is 17.7. The van der Waals surface area contributed by atoms with Gasteiger partial charge in [0.25, 0.3) is 5.91 Å². The molecule has 184 valence electrons. The van der Waals surface area contributed by atoms with Crippen LogP contribution in [0.4, 0.5) is 15.8 Å². The van der Waals surface area contributed by atoms with Gasteiger partial charge in [-0.2, -0.15) is 0 Å². The molecule has 2 heterocycles. The van der Waals surface area contributed by atoms with E-state index in [4.69, 9.17) is 0 Å². The Morgan fingerprint density at radius 3 is 2.39 bits per heavy atom. The Kier molecular flexibility index (Phi) is 5.26. The molecule has 2 aliphatic heterocycles. The zero-order valence-corrected chi connectivity index (χ0v) is 20.4. The monoisotopic (exact) mass is 481 g/mol. The number of halogens is 1. The molecule has 0 radical (unpaired) electrons. The smallest absolute Gasteiger partial charge is 0.253 e. The van der Waals surface area contributed by atoms with Crippen molar-refractivity contribution in [1.29, 1.82) is 0 Å². The summed E-state index contributed by atoms with van der Waals surface area (Å²) in [5.41, 5.74) is 5.76. The van der Waals surface area contributed by atoms with Gasteiger partial charge >= 0.3 is 0 Å². The summed E-state index contributed by atoms with van der Waals surface area (Å²) in [6.07, 6.45) is 3.97. The molecule has 2 saturated carbocycles. The standard InChI is InChI=1S/C31H32FN3O/c32-24-9-11-25(12-10-24)34-14-16-35(17-15-34)31(36)23-8-13-27-26(19-23)28-21-6-7-22(18-21)29(28)30(33-27)20-4-2-1-3-5-20/h1-5,8-13,19,21-22,28-30,33H,6-7,14-18H2/t21-,22-,28-,29-,30+/m0/s1. The van der Waals surface area contributed by atoms with Crippen molar-refractivity contribution in [2.24, 2.45) is 17.8 Å². The van der Waals surface area contributed by atoms with Crippen LogP contribution >= 0.6 is 0 Å². The Labute approximate surface area is 212 Å². The van der Waals surface area contributed by atoms with E-state index in [1.54, 1.807) is 0 Å². The van der Waals surface area contributed by atoms with Gasteiger partial charge in [-0.1, -0.05) is 30.3 Å². The quantitative estimate of drug-likeness (QED) is 0.492. The van der Waals surface area contributed by atoms with Gasteiger partial charge in [0.1, 0.15) is 5.82 Å². The van der Waals surface area contributed by atoms with Gasteiger partial charge in [-0.25, -0.2) is 4.39 Å². The summed E-state index contributed by atoms with van der Waals surface area (Å²) < 4.78 is 13.3. The Balaban J connectivity index is 1.13. The molecule has 36 heavy (non-hydrogen) atoms. The number of hydrogen-bond acceptors (Lipinski definition) is 3. The maximum absolute atomic E-state index is 13.5. The van der Waals surface area contributed by atoms with Gasteiger partial charge < -0.3 is 15.1 Å². The Morgan fingerprint density at radius 1 is 0.861 bits per heavy atom. The van der Waals surface area contributed by atoms with Crippen LogP contribution in [0.1, 0.15) is 52.7 Å². The normalized spacial score (nSPS) is 28.4. The van der Waals surface area contributed by atoms with Crippen LogP contribution in [0.3, 0.4) is 0 Å². The fraction of sp³-hybridized carbons (Fsp3) is 0.387. The number of nitrogens with one attached hydrogen (secondary N) is 1. The largest absolute Gasteiger partial charge is 0.378 e. The minimum absolute atomic E-state index is 0.126. The van der Waals surface area contributed by atoms with Crippen molar-refractivity contribution in [2.75, 3.05) is 36.4 Å². The molecule has 5 heteroatoms. The molecule has 3 aromatic rings. The molecule has 2 bridgehead atoms. The van der Waals surface area contributed by atoms with E-state index in [1.807, 2.05) is 23.1 Å². The van der Waals surface area contributed by atoms with Gasteiger partial charge in [0.05, 0.1) is 6.04 Å². The Bertz CT molecular complexity index is 1270. The SMILES string of the molecule is O=C(c1ccc2c(c1)[C@@H]1[C@H]3CC[C@@H](C3)[C@@H]1[C@@H](c1ccccc1)N2)N1CCN(c2ccc(F)cc2)CC1. The van der Waals surface area contributed by atoms with E-state index < -0.39 is 0 Å². The first-order valence-corrected chi connectivity index (χ1v) is 13.4. The summed E-state index contributed by atoms with van der Waals surface area (Å²) in [4.78, 5) is 17.7. The third-order valence-corrected chi connectivity index (χ3v) is 9.25. The predicted molar refractivity (Wildman–Crippen MR) is 141 cm³/mol. The van der Waals surface area contributed by atoms with Gasteiger partial charge in [0.2, 0.25) is 0 Å². The molecule has 2 aliphatic carbocycles. The van der Waals surface area contributed by atoms with E-state index in [0.717, 1.165) is 36.2 Å². The zero-order chi connectivity index (χ0) is 24.2. The minimum Gasteiger partial charge on any atom is -0.378 e. The Hall–Kier alpha value is -3.34. The number of nitrogens with zero attached hydrogens (tertiary/aromatic N) is 2. The second-order valence-corrected chi connectivity index (χ2v) is 11.0. The molecule has 7 rings (SSSR count). The summed E-state index contributed by atoms with van der Waals surface area (Å²) in [6.45, 7) is 2.88. The van der Waals surface area contributed by atoms with E-state index in [1.165, 1.54) is 48.2 Å². The van der Waals surface area contributed by atoms with Crippen molar-refractivity contribution in [2.45, 2.75) is 31.2 Å². The highest BCUT2D eigenvalue weighted by Gasteiger charge is 2.53. The highest BCUT2D eigenvalue weighted by molar-refractivity contribution is 5.95. The van der Waals surface area contributed by atoms with Crippen molar-refractivity contribution in [3.05, 3.63) is 95.3 Å². The van der Waals surface area contributed by atoms with E-state index in [0.29, 0.717) is 31.0 Å². The van der Waals surface area contributed by atoms with Crippen molar-refractivity contribution < 1.29 is 9.18 Å². The molecule has 0 spiro atoms. The zero-order valence-electron chi connectivity index (χ0n) is 20.4. The molecule has 5 atom stereocenters. The summed E-state index contributed by atoms with van der Waals surface area (Å²) in [7, 11) is 0. The lowest BCUT2D eigenvalue weighted by Gasteiger charge is -2.44. The molecule has 1 amide bonds. The van der Waals surface area contributed by atoms with Crippen LogP contribution in [0.15, 0.2) is 72.8 Å². The number of hydrogen-bond donors (Lipinski definition) is 1. The molecule has 3 fully saturated rings. The van der Waals surface area contributed by atoms with E-state index in [-0.39, 0.29) is 11.7 Å². The summed E-state index contributed by atoms with van der Waals surface area (Å²) in [5, 5.41) is 3.88. The molecule has 0 unspecified atom stereocenters. The number of amides is 1. The average Bonchev–Trinajstić information content (AvgIpc) is 3.56. The molecular weight excluding hydrogens is 449 g/mol. The first kappa shape index (κ1) is 21.9. The summed E-state index contributed by atoms with van der Waals surface area (Å²) >= 11 is 0. The van der Waals surface area contributed by atoms with E-state index >= 15 is 0 Å². The minimum atomic E-state index is -0.220. The molecule has 1 N–H and O–H groups in total. The lowest BCUT2D eigenvalue weighted by atomic mass is 9.68. The van der Waals surface area contributed by atoms with Gasteiger partial charge in [0.15, 0.2) is 0 Å². The maximum atomic E-state index is 13.5. The van der Waals surface area contributed by atoms with Crippen LogP contribution in [0.5, 0.6) is 0 Å². The molecule has 4 nitrogen and oxygen atoms in total. The van der Waals surface area contributed by atoms with Crippen LogP contribution in [0.2, 0.25) is 0 Å². The van der Waals surface area contributed by atoms with E-state index in [9.17, 15) is 9.18 Å². The van der Waals surface area contributed by atoms with Crippen LogP contribution in [-0.4, -0.2) is 37.0 Å². The maximum Gasteiger partial charge on any atom is 0.253 e.